The molecule has 0 radical (unpaired) electrons. The summed E-state index contributed by atoms with van der Waals surface area (Å²) in [5.41, 5.74) is 0. The summed E-state index contributed by atoms with van der Waals surface area (Å²) in [6.07, 6.45) is 7.95. The fourth-order valence-corrected chi connectivity index (χ4v) is 1.17. The van der Waals surface area contributed by atoms with Gasteiger partial charge in [0.05, 0.1) is 0 Å². The Morgan fingerprint density at radius 2 is 2.00 bits per heavy atom. The fraction of sp³-hybridized carbons (Fsp3) is 0.600. The van der Waals surface area contributed by atoms with Crippen LogP contribution in [0.25, 0.3) is 0 Å². The standard InChI is InChI=1S/C10H14O3/c1-2-3-4-5-6-7-8-9(11)13-10(8)12/h6-8H,2-5H2,1H3/b7-6+. The van der Waals surface area contributed by atoms with Crippen LogP contribution in [0.1, 0.15) is 32.6 Å². The number of hydrogen-bond donors (Lipinski definition) is 0. The Kier molecular flexibility index (Phi) is 3.68. The Hall–Kier alpha value is -1.12. The average molecular weight is 182 g/mol. The van der Waals surface area contributed by atoms with Gasteiger partial charge in [0.1, 0.15) is 0 Å². The topological polar surface area (TPSA) is 43.4 Å². The Morgan fingerprint density at radius 1 is 1.31 bits per heavy atom. The van der Waals surface area contributed by atoms with Gasteiger partial charge in [-0.05, 0) is 12.8 Å². The van der Waals surface area contributed by atoms with E-state index in [0.29, 0.717) is 0 Å². The number of carbonyl (C=O) groups excluding carboxylic acids is 2. The lowest BCUT2D eigenvalue weighted by Gasteiger charge is -2.17. The van der Waals surface area contributed by atoms with E-state index in [4.69, 9.17) is 0 Å². The predicted molar refractivity (Wildman–Crippen MR) is 47.9 cm³/mol. The number of unbranched alkanes of at least 4 members (excludes halogenated alkanes) is 3. The number of cyclic esters (lactones) is 2. The lowest BCUT2D eigenvalue weighted by Crippen LogP contribution is -2.39. The van der Waals surface area contributed by atoms with E-state index in [1.54, 1.807) is 6.08 Å². The maximum absolute atomic E-state index is 10.7. The minimum atomic E-state index is -0.610. The highest BCUT2D eigenvalue weighted by atomic mass is 16.6. The van der Waals surface area contributed by atoms with E-state index in [1.165, 1.54) is 12.8 Å². The van der Waals surface area contributed by atoms with Crippen LogP contribution in [-0.4, -0.2) is 11.9 Å². The van der Waals surface area contributed by atoms with Crippen molar-refractivity contribution in [1.29, 1.82) is 0 Å². The van der Waals surface area contributed by atoms with Crippen LogP contribution >= 0.6 is 0 Å². The molecule has 1 fully saturated rings. The van der Waals surface area contributed by atoms with Crippen molar-refractivity contribution in [2.45, 2.75) is 32.6 Å². The van der Waals surface area contributed by atoms with Crippen LogP contribution in [0.5, 0.6) is 0 Å². The second-order valence-corrected chi connectivity index (χ2v) is 3.14. The molecule has 1 rings (SSSR count). The van der Waals surface area contributed by atoms with Gasteiger partial charge < -0.3 is 4.74 Å². The van der Waals surface area contributed by atoms with E-state index in [2.05, 4.69) is 11.7 Å². The third-order valence-electron chi connectivity index (χ3n) is 2.01. The quantitative estimate of drug-likeness (QED) is 0.282. The first kappa shape index (κ1) is 9.96. The molecule has 0 aromatic rings. The lowest BCUT2D eigenvalue weighted by molar-refractivity contribution is -0.180. The number of carbonyl (C=O) groups is 2. The molecule has 0 unspecified atom stereocenters. The first-order valence-corrected chi connectivity index (χ1v) is 4.68. The molecule has 1 aliphatic rings. The molecule has 0 aromatic heterocycles. The highest BCUT2D eigenvalue weighted by Crippen LogP contribution is 2.16. The average Bonchev–Trinajstić information content (AvgIpc) is 2.11. The maximum Gasteiger partial charge on any atom is 0.331 e. The van der Waals surface area contributed by atoms with Crippen molar-refractivity contribution in [2.75, 3.05) is 0 Å². The first-order valence-electron chi connectivity index (χ1n) is 4.68. The molecule has 3 heteroatoms. The highest BCUT2D eigenvalue weighted by molar-refractivity contribution is 6.11. The van der Waals surface area contributed by atoms with Crippen molar-refractivity contribution in [3.8, 4) is 0 Å². The van der Waals surface area contributed by atoms with Crippen LogP contribution in [0.15, 0.2) is 12.2 Å². The number of ether oxygens (including phenoxy) is 1. The SMILES string of the molecule is CCCCC/C=C/C1C(=O)OC1=O. The molecular formula is C10H14O3. The summed E-state index contributed by atoms with van der Waals surface area (Å²) in [4.78, 5) is 21.3. The number of hydrogen-bond acceptors (Lipinski definition) is 3. The molecule has 0 atom stereocenters. The maximum atomic E-state index is 10.7. The zero-order valence-corrected chi connectivity index (χ0v) is 7.79. The molecule has 72 valence electrons. The second-order valence-electron chi connectivity index (χ2n) is 3.14. The smallest absolute Gasteiger partial charge is 0.331 e. The third kappa shape index (κ3) is 2.68. The molecule has 0 bridgehead atoms. The van der Waals surface area contributed by atoms with Crippen LogP contribution in [0, 0.1) is 5.92 Å². The minimum Gasteiger partial charge on any atom is -0.391 e. The van der Waals surface area contributed by atoms with E-state index >= 15 is 0 Å². The zero-order chi connectivity index (χ0) is 9.68. The molecule has 13 heavy (non-hydrogen) atoms. The zero-order valence-electron chi connectivity index (χ0n) is 7.79. The molecular weight excluding hydrogens is 168 g/mol. The third-order valence-corrected chi connectivity index (χ3v) is 2.01. The van der Waals surface area contributed by atoms with E-state index in [0.717, 1.165) is 12.8 Å². The number of allylic oxidation sites excluding steroid dienone is 1. The van der Waals surface area contributed by atoms with Crippen molar-refractivity contribution in [2.24, 2.45) is 5.92 Å². The monoisotopic (exact) mass is 182 g/mol. The summed E-state index contributed by atoms with van der Waals surface area (Å²) >= 11 is 0. The molecule has 1 saturated heterocycles. The Bertz CT molecular complexity index is 216. The molecule has 0 N–H and O–H groups in total. The van der Waals surface area contributed by atoms with Crippen molar-refractivity contribution >= 4 is 11.9 Å². The van der Waals surface area contributed by atoms with Crippen molar-refractivity contribution in [3.63, 3.8) is 0 Å². The van der Waals surface area contributed by atoms with E-state index < -0.39 is 17.9 Å². The minimum absolute atomic E-state index is 0.420. The molecule has 0 saturated carbocycles. The summed E-state index contributed by atoms with van der Waals surface area (Å²) in [5.74, 6) is -1.45. The summed E-state index contributed by atoms with van der Waals surface area (Å²) in [5, 5.41) is 0. The van der Waals surface area contributed by atoms with Crippen molar-refractivity contribution < 1.29 is 14.3 Å². The van der Waals surface area contributed by atoms with Crippen LogP contribution in [0.4, 0.5) is 0 Å². The van der Waals surface area contributed by atoms with Gasteiger partial charge in [0.2, 0.25) is 0 Å². The molecule has 1 aliphatic heterocycles. The summed E-state index contributed by atoms with van der Waals surface area (Å²) in [6.45, 7) is 2.14. The van der Waals surface area contributed by atoms with Gasteiger partial charge in [-0.15, -0.1) is 0 Å². The van der Waals surface area contributed by atoms with Gasteiger partial charge in [-0.3, -0.25) is 9.59 Å². The van der Waals surface area contributed by atoms with Crippen LogP contribution in [0.3, 0.4) is 0 Å². The largest absolute Gasteiger partial charge is 0.391 e. The van der Waals surface area contributed by atoms with Crippen molar-refractivity contribution in [1.82, 2.24) is 0 Å². The molecule has 0 aromatic carbocycles. The predicted octanol–water partition coefficient (Wildman–Crippen LogP) is 1.82. The van der Waals surface area contributed by atoms with Gasteiger partial charge in [0.25, 0.3) is 0 Å². The first-order chi connectivity index (χ1) is 6.25. The summed E-state index contributed by atoms with van der Waals surface area (Å²) in [7, 11) is 0. The normalized spacial score (nSPS) is 17.6. The van der Waals surface area contributed by atoms with Gasteiger partial charge in [-0.2, -0.15) is 0 Å². The Balaban J connectivity index is 2.16. The van der Waals surface area contributed by atoms with Gasteiger partial charge in [0.15, 0.2) is 5.92 Å². The molecule has 1 heterocycles. The van der Waals surface area contributed by atoms with Crippen LogP contribution < -0.4 is 0 Å². The second kappa shape index (κ2) is 4.80. The van der Waals surface area contributed by atoms with Gasteiger partial charge >= 0.3 is 11.9 Å². The molecule has 3 nitrogen and oxygen atoms in total. The molecule has 0 spiro atoms. The highest BCUT2D eigenvalue weighted by Gasteiger charge is 2.39. The van der Waals surface area contributed by atoms with Gasteiger partial charge in [-0.1, -0.05) is 31.9 Å². The number of esters is 2. The summed E-state index contributed by atoms with van der Waals surface area (Å²) < 4.78 is 4.20. The van der Waals surface area contributed by atoms with Crippen LogP contribution in [-0.2, 0) is 14.3 Å². The molecule has 0 aliphatic carbocycles. The lowest BCUT2D eigenvalue weighted by atomic mass is 10.0. The molecule has 0 amide bonds. The van der Waals surface area contributed by atoms with Crippen LogP contribution in [0.2, 0.25) is 0 Å². The van der Waals surface area contributed by atoms with Gasteiger partial charge in [-0.25, -0.2) is 0 Å². The summed E-state index contributed by atoms with van der Waals surface area (Å²) in [6, 6.07) is 0. The fourth-order valence-electron chi connectivity index (χ4n) is 1.17. The van der Waals surface area contributed by atoms with E-state index in [1.807, 2.05) is 6.08 Å². The number of rotatable bonds is 5. The van der Waals surface area contributed by atoms with E-state index in [-0.39, 0.29) is 0 Å². The van der Waals surface area contributed by atoms with Gasteiger partial charge in [0, 0.05) is 0 Å². The Morgan fingerprint density at radius 3 is 2.54 bits per heavy atom. The van der Waals surface area contributed by atoms with E-state index in [9.17, 15) is 9.59 Å². The van der Waals surface area contributed by atoms with Crippen molar-refractivity contribution in [3.05, 3.63) is 12.2 Å². The Labute approximate surface area is 77.8 Å².